The maximum atomic E-state index is 11.9. The van der Waals surface area contributed by atoms with Gasteiger partial charge in [-0.25, -0.2) is 4.79 Å². The highest BCUT2D eigenvalue weighted by molar-refractivity contribution is 5.86. The van der Waals surface area contributed by atoms with Crippen molar-refractivity contribution in [2.24, 2.45) is 0 Å². The molecular formula is C16H26O3. The zero-order valence-corrected chi connectivity index (χ0v) is 12.2. The molecule has 1 rings (SSSR count). The molecule has 108 valence electrons. The fourth-order valence-corrected chi connectivity index (χ4v) is 2.10. The van der Waals surface area contributed by atoms with Crippen molar-refractivity contribution in [3.05, 3.63) is 24.2 Å². The third-order valence-electron chi connectivity index (χ3n) is 3.26. The topological polar surface area (TPSA) is 39.4 Å². The molecule has 0 bridgehead atoms. The van der Waals surface area contributed by atoms with Crippen LogP contribution in [0.4, 0.5) is 0 Å². The molecule has 0 radical (unpaired) electrons. The van der Waals surface area contributed by atoms with E-state index < -0.39 is 0 Å². The standard InChI is InChI=1S/C16H26O3/c1-3-5-7-8-11-14(10-6-4-2)19-16(17)15-12-9-13-18-15/h9,12-14H,3-8,10-11H2,1-2H3. The molecule has 3 nitrogen and oxygen atoms in total. The number of carbonyl (C=O) groups is 1. The van der Waals surface area contributed by atoms with Crippen molar-refractivity contribution in [1.82, 2.24) is 0 Å². The van der Waals surface area contributed by atoms with Crippen molar-refractivity contribution in [2.75, 3.05) is 0 Å². The molecule has 1 aromatic rings. The molecule has 1 atom stereocenters. The van der Waals surface area contributed by atoms with Gasteiger partial charge in [0.1, 0.15) is 6.10 Å². The third-order valence-corrected chi connectivity index (χ3v) is 3.26. The Labute approximate surface area is 116 Å². The van der Waals surface area contributed by atoms with Gasteiger partial charge >= 0.3 is 5.97 Å². The van der Waals surface area contributed by atoms with Crippen LogP contribution >= 0.6 is 0 Å². The molecule has 3 heteroatoms. The van der Waals surface area contributed by atoms with E-state index in [-0.39, 0.29) is 12.1 Å². The van der Waals surface area contributed by atoms with E-state index in [0.717, 1.165) is 32.1 Å². The molecule has 0 N–H and O–H groups in total. The Balaban J connectivity index is 2.37. The molecule has 1 aromatic heterocycles. The summed E-state index contributed by atoms with van der Waals surface area (Å²) in [6.45, 7) is 4.36. The van der Waals surface area contributed by atoms with Crippen LogP contribution in [0.15, 0.2) is 22.8 Å². The van der Waals surface area contributed by atoms with Crippen LogP contribution in [0.1, 0.15) is 75.8 Å². The average Bonchev–Trinajstić information content (AvgIpc) is 2.94. The van der Waals surface area contributed by atoms with E-state index in [4.69, 9.17) is 9.15 Å². The minimum absolute atomic E-state index is 0.0365. The van der Waals surface area contributed by atoms with Crippen molar-refractivity contribution in [3.8, 4) is 0 Å². The van der Waals surface area contributed by atoms with E-state index in [1.165, 1.54) is 25.5 Å². The zero-order valence-electron chi connectivity index (χ0n) is 12.2. The van der Waals surface area contributed by atoms with E-state index in [2.05, 4.69) is 13.8 Å². The number of esters is 1. The second-order valence-electron chi connectivity index (χ2n) is 5.00. The van der Waals surface area contributed by atoms with Gasteiger partial charge in [-0.05, 0) is 31.4 Å². The first-order valence-electron chi connectivity index (χ1n) is 7.52. The summed E-state index contributed by atoms with van der Waals surface area (Å²) in [5.74, 6) is -0.0309. The summed E-state index contributed by atoms with van der Waals surface area (Å²) in [6.07, 6.45) is 10.5. The molecule has 1 heterocycles. The molecule has 19 heavy (non-hydrogen) atoms. The van der Waals surface area contributed by atoms with Gasteiger partial charge in [0.05, 0.1) is 6.26 Å². The predicted octanol–water partition coefficient (Wildman–Crippen LogP) is 4.97. The monoisotopic (exact) mass is 266 g/mol. The molecule has 0 spiro atoms. The minimum Gasteiger partial charge on any atom is -0.457 e. The van der Waals surface area contributed by atoms with Gasteiger partial charge in [-0.1, -0.05) is 46.0 Å². The van der Waals surface area contributed by atoms with Gasteiger partial charge in [0.15, 0.2) is 0 Å². The van der Waals surface area contributed by atoms with E-state index in [9.17, 15) is 4.79 Å². The Bertz CT molecular complexity index is 330. The summed E-state index contributed by atoms with van der Waals surface area (Å²) in [6, 6.07) is 3.36. The number of hydrogen-bond donors (Lipinski definition) is 0. The van der Waals surface area contributed by atoms with E-state index in [1.54, 1.807) is 12.1 Å². The molecule has 1 unspecified atom stereocenters. The SMILES string of the molecule is CCCCCCC(CCCC)OC(=O)c1ccco1. The Kier molecular flexibility index (Phi) is 8.03. The molecule has 0 aliphatic rings. The number of furan rings is 1. The summed E-state index contributed by atoms with van der Waals surface area (Å²) >= 11 is 0. The van der Waals surface area contributed by atoms with Gasteiger partial charge in [-0.15, -0.1) is 0 Å². The van der Waals surface area contributed by atoms with Crippen LogP contribution in [0.25, 0.3) is 0 Å². The van der Waals surface area contributed by atoms with Gasteiger partial charge in [0.25, 0.3) is 0 Å². The van der Waals surface area contributed by atoms with Gasteiger partial charge in [-0.2, -0.15) is 0 Å². The maximum Gasteiger partial charge on any atom is 0.374 e. The lowest BCUT2D eigenvalue weighted by atomic mass is 10.0. The highest BCUT2D eigenvalue weighted by atomic mass is 16.6. The second kappa shape index (κ2) is 9.65. The number of unbranched alkanes of at least 4 members (excludes halogenated alkanes) is 4. The Morgan fingerprint density at radius 2 is 1.89 bits per heavy atom. The van der Waals surface area contributed by atoms with Crippen LogP contribution in [-0.2, 0) is 4.74 Å². The first-order valence-corrected chi connectivity index (χ1v) is 7.52. The molecule has 0 saturated carbocycles. The first kappa shape index (κ1) is 15.8. The largest absolute Gasteiger partial charge is 0.457 e. The van der Waals surface area contributed by atoms with Crippen molar-refractivity contribution in [3.63, 3.8) is 0 Å². The lowest BCUT2D eigenvalue weighted by Gasteiger charge is -2.17. The van der Waals surface area contributed by atoms with Crippen molar-refractivity contribution >= 4 is 5.97 Å². The number of hydrogen-bond acceptors (Lipinski definition) is 3. The molecule has 0 amide bonds. The fraction of sp³-hybridized carbons (Fsp3) is 0.688. The zero-order chi connectivity index (χ0) is 13.9. The van der Waals surface area contributed by atoms with Gasteiger partial charge in [0, 0.05) is 0 Å². The lowest BCUT2D eigenvalue weighted by molar-refractivity contribution is 0.0215. The molecule has 0 aliphatic heterocycles. The molecule has 0 aromatic carbocycles. The van der Waals surface area contributed by atoms with Gasteiger partial charge in [0.2, 0.25) is 5.76 Å². The normalized spacial score (nSPS) is 12.3. The summed E-state index contributed by atoms with van der Waals surface area (Å²) in [4.78, 5) is 11.9. The molecule has 0 fully saturated rings. The van der Waals surface area contributed by atoms with Crippen LogP contribution in [0, 0.1) is 0 Å². The number of carbonyl (C=O) groups excluding carboxylic acids is 1. The summed E-state index contributed by atoms with van der Waals surface area (Å²) in [7, 11) is 0. The smallest absolute Gasteiger partial charge is 0.374 e. The van der Waals surface area contributed by atoms with Crippen LogP contribution in [0.3, 0.4) is 0 Å². The average molecular weight is 266 g/mol. The summed E-state index contributed by atoms with van der Waals surface area (Å²) in [5.41, 5.74) is 0. The van der Waals surface area contributed by atoms with Crippen molar-refractivity contribution in [2.45, 2.75) is 71.3 Å². The molecule has 0 saturated heterocycles. The number of ether oxygens (including phenoxy) is 1. The van der Waals surface area contributed by atoms with Crippen molar-refractivity contribution < 1.29 is 13.9 Å². The lowest BCUT2D eigenvalue weighted by Crippen LogP contribution is -2.18. The van der Waals surface area contributed by atoms with Crippen LogP contribution in [0.2, 0.25) is 0 Å². The quantitative estimate of drug-likeness (QED) is 0.443. The van der Waals surface area contributed by atoms with Crippen molar-refractivity contribution in [1.29, 1.82) is 0 Å². The van der Waals surface area contributed by atoms with Crippen LogP contribution < -0.4 is 0 Å². The Morgan fingerprint density at radius 1 is 1.16 bits per heavy atom. The third kappa shape index (κ3) is 6.46. The second-order valence-corrected chi connectivity index (χ2v) is 5.00. The van der Waals surface area contributed by atoms with Gasteiger partial charge < -0.3 is 9.15 Å². The predicted molar refractivity (Wildman–Crippen MR) is 76.2 cm³/mol. The fourth-order valence-electron chi connectivity index (χ4n) is 2.10. The first-order chi connectivity index (χ1) is 9.27. The molecular weight excluding hydrogens is 240 g/mol. The number of rotatable bonds is 10. The summed E-state index contributed by atoms with van der Waals surface area (Å²) in [5, 5.41) is 0. The van der Waals surface area contributed by atoms with E-state index in [1.807, 2.05) is 0 Å². The van der Waals surface area contributed by atoms with Gasteiger partial charge in [-0.3, -0.25) is 0 Å². The minimum atomic E-state index is -0.332. The Morgan fingerprint density at radius 3 is 2.53 bits per heavy atom. The van der Waals surface area contributed by atoms with Crippen LogP contribution in [0.5, 0.6) is 0 Å². The Hall–Kier alpha value is -1.25. The highest BCUT2D eigenvalue weighted by Crippen LogP contribution is 2.16. The molecule has 0 aliphatic carbocycles. The summed E-state index contributed by atoms with van der Waals surface area (Å²) < 4.78 is 10.6. The maximum absolute atomic E-state index is 11.9. The highest BCUT2D eigenvalue weighted by Gasteiger charge is 2.17. The van der Waals surface area contributed by atoms with Crippen LogP contribution in [-0.4, -0.2) is 12.1 Å². The van der Waals surface area contributed by atoms with E-state index >= 15 is 0 Å². The van der Waals surface area contributed by atoms with E-state index in [0.29, 0.717) is 5.76 Å².